The zero-order valence-electron chi connectivity index (χ0n) is 11.9. The molecular weight excluding hydrogens is 304 g/mol. The molecule has 0 unspecified atom stereocenters. The van der Waals surface area contributed by atoms with E-state index in [1.54, 1.807) is 34.0 Å². The van der Waals surface area contributed by atoms with Crippen molar-refractivity contribution in [2.45, 2.75) is 37.1 Å². The molecule has 1 aliphatic rings. The summed E-state index contributed by atoms with van der Waals surface area (Å²) in [6, 6.07) is 7.25. The minimum Gasteiger partial charge on any atom is -0.250 e. The summed E-state index contributed by atoms with van der Waals surface area (Å²) in [4.78, 5) is 4.62. The fourth-order valence-electron chi connectivity index (χ4n) is 2.29. The van der Waals surface area contributed by atoms with Crippen molar-refractivity contribution in [2.75, 3.05) is 6.54 Å². The molecule has 0 aliphatic heterocycles. The van der Waals surface area contributed by atoms with E-state index in [0.717, 1.165) is 23.4 Å². The van der Waals surface area contributed by atoms with Gasteiger partial charge in [-0.05, 0) is 31.9 Å². The lowest BCUT2D eigenvalue weighted by molar-refractivity contribution is 0.407. The molecule has 0 radical (unpaired) electrons. The predicted octanol–water partition coefficient (Wildman–Crippen LogP) is 2.85. The van der Waals surface area contributed by atoms with E-state index in [1.165, 1.54) is 0 Å². The third-order valence-electron chi connectivity index (χ3n) is 3.61. The first kappa shape index (κ1) is 14.7. The number of sulfonamides is 1. The zero-order valence-corrected chi connectivity index (χ0v) is 13.5. The molecule has 0 atom stereocenters. The van der Waals surface area contributed by atoms with Crippen LogP contribution in [0.3, 0.4) is 0 Å². The summed E-state index contributed by atoms with van der Waals surface area (Å²) in [5.41, 5.74) is 1.06. The third-order valence-corrected chi connectivity index (χ3v) is 6.42. The molecule has 6 heteroatoms. The van der Waals surface area contributed by atoms with Crippen molar-refractivity contribution in [2.24, 2.45) is 0 Å². The van der Waals surface area contributed by atoms with Crippen molar-refractivity contribution in [3.05, 3.63) is 46.4 Å². The Morgan fingerprint density at radius 1 is 1.29 bits per heavy atom. The maximum absolute atomic E-state index is 12.8. The van der Waals surface area contributed by atoms with Crippen molar-refractivity contribution in [1.82, 2.24) is 9.29 Å². The van der Waals surface area contributed by atoms with Crippen LogP contribution in [0.15, 0.2) is 40.7 Å². The number of benzene rings is 1. The molecule has 1 heterocycles. The van der Waals surface area contributed by atoms with Gasteiger partial charge >= 0.3 is 0 Å². The summed E-state index contributed by atoms with van der Waals surface area (Å²) >= 11 is 1.57. The Morgan fingerprint density at radius 3 is 2.57 bits per heavy atom. The van der Waals surface area contributed by atoms with Gasteiger partial charge in [0.15, 0.2) is 0 Å². The van der Waals surface area contributed by atoms with Crippen LogP contribution >= 0.6 is 11.3 Å². The summed E-state index contributed by atoms with van der Waals surface area (Å²) < 4.78 is 27.2. The molecule has 0 saturated heterocycles. The van der Waals surface area contributed by atoms with Gasteiger partial charge in [-0.3, -0.25) is 0 Å². The third kappa shape index (κ3) is 3.33. The normalized spacial score (nSPS) is 15.5. The van der Waals surface area contributed by atoms with Gasteiger partial charge in [0, 0.05) is 30.6 Å². The van der Waals surface area contributed by atoms with Crippen molar-refractivity contribution in [1.29, 1.82) is 0 Å². The van der Waals surface area contributed by atoms with Gasteiger partial charge < -0.3 is 0 Å². The highest BCUT2D eigenvalue weighted by Crippen LogP contribution is 2.32. The van der Waals surface area contributed by atoms with Gasteiger partial charge in [-0.1, -0.05) is 17.7 Å². The van der Waals surface area contributed by atoms with Gasteiger partial charge in [0.1, 0.15) is 0 Å². The Labute approximate surface area is 129 Å². The highest BCUT2D eigenvalue weighted by atomic mass is 32.2. The number of thiazole rings is 1. The summed E-state index contributed by atoms with van der Waals surface area (Å²) in [6.07, 6.45) is 4.36. The second kappa shape index (κ2) is 5.87. The maximum atomic E-state index is 12.8. The van der Waals surface area contributed by atoms with E-state index in [1.807, 2.05) is 24.4 Å². The van der Waals surface area contributed by atoms with E-state index in [2.05, 4.69) is 4.98 Å². The highest BCUT2D eigenvalue weighted by Gasteiger charge is 2.37. The van der Waals surface area contributed by atoms with Crippen molar-refractivity contribution in [3.8, 4) is 0 Å². The molecule has 112 valence electrons. The molecule has 21 heavy (non-hydrogen) atoms. The van der Waals surface area contributed by atoms with Gasteiger partial charge in [0.2, 0.25) is 10.0 Å². The number of hydrogen-bond acceptors (Lipinski definition) is 4. The van der Waals surface area contributed by atoms with Gasteiger partial charge in [0.25, 0.3) is 0 Å². The Balaban J connectivity index is 1.80. The molecule has 1 aromatic heterocycles. The highest BCUT2D eigenvalue weighted by molar-refractivity contribution is 7.89. The zero-order chi connectivity index (χ0) is 14.9. The average Bonchev–Trinajstić information content (AvgIpc) is 3.14. The summed E-state index contributed by atoms with van der Waals surface area (Å²) in [6.45, 7) is 2.46. The average molecular weight is 322 g/mol. The first-order valence-corrected chi connectivity index (χ1v) is 9.36. The predicted molar refractivity (Wildman–Crippen MR) is 83.9 cm³/mol. The van der Waals surface area contributed by atoms with E-state index < -0.39 is 10.0 Å². The van der Waals surface area contributed by atoms with Crippen LogP contribution in [0.1, 0.15) is 23.4 Å². The van der Waals surface area contributed by atoms with E-state index >= 15 is 0 Å². The van der Waals surface area contributed by atoms with E-state index in [4.69, 9.17) is 0 Å². The van der Waals surface area contributed by atoms with Crippen LogP contribution in [0.25, 0.3) is 0 Å². The smallest absolute Gasteiger partial charge is 0.243 e. The Kier molecular flexibility index (Phi) is 4.10. The van der Waals surface area contributed by atoms with Crippen LogP contribution < -0.4 is 0 Å². The van der Waals surface area contributed by atoms with Crippen LogP contribution in [0.4, 0.5) is 0 Å². The lowest BCUT2D eigenvalue weighted by atomic mass is 10.2. The second-order valence-corrected chi connectivity index (χ2v) is 8.21. The molecular formula is C15H18N2O2S2. The van der Waals surface area contributed by atoms with Gasteiger partial charge in [0.05, 0.1) is 9.90 Å². The fraction of sp³-hybridized carbons (Fsp3) is 0.400. The molecule has 2 aromatic rings. The van der Waals surface area contributed by atoms with E-state index in [0.29, 0.717) is 17.9 Å². The van der Waals surface area contributed by atoms with Gasteiger partial charge in [-0.15, -0.1) is 11.3 Å². The molecule has 0 spiro atoms. The topological polar surface area (TPSA) is 50.3 Å². The van der Waals surface area contributed by atoms with Crippen LogP contribution in [0.5, 0.6) is 0 Å². The van der Waals surface area contributed by atoms with Crippen LogP contribution in [0, 0.1) is 6.92 Å². The number of nitrogens with zero attached hydrogens (tertiary/aromatic N) is 2. The summed E-state index contributed by atoms with van der Waals surface area (Å²) in [5, 5.41) is 2.91. The first-order chi connectivity index (χ1) is 10.1. The Bertz CT molecular complexity index is 690. The molecule has 1 aromatic carbocycles. The number of aryl methyl sites for hydroxylation is 1. The SMILES string of the molecule is Cc1ccc(S(=O)(=O)N(CCc2nccs2)C2CC2)cc1. The number of aromatic nitrogens is 1. The minimum absolute atomic E-state index is 0.163. The first-order valence-electron chi connectivity index (χ1n) is 7.04. The van der Waals surface area contributed by atoms with Crippen LogP contribution in [-0.4, -0.2) is 30.3 Å². The lowest BCUT2D eigenvalue weighted by Gasteiger charge is -2.21. The summed E-state index contributed by atoms with van der Waals surface area (Å²) in [5.74, 6) is 0. The van der Waals surface area contributed by atoms with Crippen LogP contribution in [0.2, 0.25) is 0 Å². The van der Waals surface area contributed by atoms with E-state index in [-0.39, 0.29) is 6.04 Å². The lowest BCUT2D eigenvalue weighted by Crippen LogP contribution is -2.34. The second-order valence-electron chi connectivity index (χ2n) is 5.34. The maximum Gasteiger partial charge on any atom is 0.243 e. The van der Waals surface area contributed by atoms with Gasteiger partial charge in [-0.2, -0.15) is 4.31 Å². The molecule has 0 bridgehead atoms. The van der Waals surface area contributed by atoms with Crippen LogP contribution in [-0.2, 0) is 16.4 Å². The minimum atomic E-state index is -3.40. The van der Waals surface area contributed by atoms with Crippen molar-refractivity contribution < 1.29 is 8.42 Å². The Morgan fingerprint density at radius 2 is 2.00 bits per heavy atom. The largest absolute Gasteiger partial charge is 0.250 e. The van der Waals surface area contributed by atoms with Crippen molar-refractivity contribution >= 4 is 21.4 Å². The van der Waals surface area contributed by atoms with Crippen molar-refractivity contribution in [3.63, 3.8) is 0 Å². The quantitative estimate of drug-likeness (QED) is 0.822. The molecule has 3 rings (SSSR count). The Hall–Kier alpha value is -1.24. The molecule has 1 fully saturated rings. The summed E-state index contributed by atoms with van der Waals surface area (Å²) in [7, 11) is -3.40. The molecule has 0 N–H and O–H groups in total. The number of hydrogen-bond donors (Lipinski definition) is 0. The molecule has 1 saturated carbocycles. The number of rotatable bonds is 6. The molecule has 4 nitrogen and oxygen atoms in total. The van der Waals surface area contributed by atoms with Gasteiger partial charge in [-0.25, -0.2) is 13.4 Å². The van der Waals surface area contributed by atoms with E-state index in [9.17, 15) is 8.42 Å². The monoisotopic (exact) mass is 322 g/mol. The standard InChI is InChI=1S/C15H18N2O2S2/c1-12-2-6-14(7-3-12)21(18,19)17(13-4-5-13)10-8-15-16-9-11-20-15/h2-3,6-7,9,11,13H,4-5,8,10H2,1H3. The fourth-order valence-corrected chi connectivity index (χ4v) is 4.58. The molecule has 0 amide bonds. The molecule has 1 aliphatic carbocycles.